The molecule has 0 bridgehead atoms. The molecule has 0 radical (unpaired) electrons. The van der Waals surface area contributed by atoms with Gasteiger partial charge in [-0.1, -0.05) is 0 Å². The largest absolute Gasteiger partial charge is 0.496 e. The average Bonchev–Trinajstić information content (AvgIpc) is 2.86. The third-order valence-corrected chi connectivity index (χ3v) is 4.98. The van der Waals surface area contributed by atoms with Gasteiger partial charge in [-0.3, -0.25) is 14.8 Å². The SMILES string of the molecule is COc1ccncc1C(=O)Nc1cc(F)c(Oc2ccnc3ccc(OC(C)CO)cc23)c(F)c1. The number of carbonyl (C=O) groups excluding carboxylic acids is 1. The Balaban J connectivity index is 1.61. The lowest BCUT2D eigenvalue weighted by Crippen LogP contribution is -2.16. The number of benzene rings is 2. The number of rotatable bonds is 8. The van der Waals surface area contributed by atoms with Crippen LogP contribution in [0, 0.1) is 11.6 Å². The van der Waals surface area contributed by atoms with Gasteiger partial charge in [0.25, 0.3) is 5.91 Å². The number of aliphatic hydroxyl groups excluding tert-OH is 1. The van der Waals surface area contributed by atoms with Gasteiger partial charge in [-0.2, -0.15) is 0 Å². The Hall–Kier alpha value is -4.31. The fourth-order valence-electron chi connectivity index (χ4n) is 3.30. The van der Waals surface area contributed by atoms with Crippen LogP contribution < -0.4 is 19.5 Å². The van der Waals surface area contributed by atoms with Crippen LogP contribution >= 0.6 is 0 Å². The van der Waals surface area contributed by atoms with Crippen molar-refractivity contribution in [1.82, 2.24) is 9.97 Å². The third kappa shape index (κ3) is 5.28. The molecule has 0 aliphatic rings. The Morgan fingerprint density at radius 3 is 2.54 bits per heavy atom. The second kappa shape index (κ2) is 10.3. The molecule has 2 N–H and O–H groups in total. The number of hydrogen-bond donors (Lipinski definition) is 2. The van der Waals surface area contributed by atoms with Crippen LogP contribution in [0.15, 0.2) is 61.1 Å². The number of carbonyl (C=O) groups is 1. The number of amides is 1. The zero-order valence-corrected chi connectivity index (χ0v) is 18.8. The van der Waals surface area contributed by atoms with Crippen LogP contribution in [0.25, 0.3) is 10.9 Å². The highest BCUT2D eigenvalue weighted by molar-refractivity contribution is 6.06. The second-order valence-electron chi connectivity index (χ2n) is 7.50. The molecule has 0 saturated heterocycles. The van der Waals surface area contributed by atoms with E-state index in [4.69, 9.17) is 14.2 Å². The maximum absolute atomic E-state index is 14.9. The minimum absolute atomic E-state index is 0.105. The lowest BCUT2D eigenvalue weighted by Gasteiger charge is -2.15. The Morgan fingerprint density at radius 1 is 1.09 bits per heavy atom. The molecule has 0 saturated carbocycles. The summed E-state index contributed by atoms with van der Waals surface area (Å²) in [5, 5.41) is 12.1. The van der Waals surface area contributed by atoms with Gasteiger partial charge in [-0.15, -0.1) is 0 Å². The van der Waals surface area contributed by atoms with Crippen molar-refractivity contribution in [3.8, 4) is 23.0 Å². The molecule has 8 nitrogen and oxygen atoms in total. The molecule has 10 heteroatoms. The van der Waals surface area contributed by atoms with Crippen LogP contribution in [-0.2, 0) is 0 Å². The first-order valence-electron chi connectivity index (χ1n) is 10.5. The fourth-order valence-corrected chi connectivity index (χ4v) is 3.30. The maximum atomic E-state index is 14.9. The normalized spacial score (nSPS) is 11.7. The number of aromatic nitrogens is 2. The molecule has 1 atom stereocenters. The predicted octanol–water partition coefficient (Wildman–Crippen LogP) is 4.72. The highest BCUT2D eigenvalue weighted by Gasteiger charge is 2.19. The molecule has 0 fully saturated rings. The number of halogens is 2. The minimum atomic E-state index is -1.02. The first kappa shape index (κ1) is 23.8. The number of methoxy groups -OCH3 is 1. The molecule has 0 aliphatic heterocycles. The Bertz CT molecular complexity index is 1360. The number of pyridine rings is 2. The molecule has 2 heterocycles. The zero-order chi connectivity index (χ0) is 24.9. The zero-order valence-electron chi connectivity index (χ0n) is 18.8. The van der Waals surface area contributed by atoms with E-state index in [9.17, 15) is 18.7 Å². The van der Waals surface area contributed by atoms with Gasteiger partial charge < -0.3 is 24.6 Å². The van der Waals surface area contributed by atoms with Crippen molar-refractivity contribution in [2.75, 3.05) is 19.0 Å². The number of ether oxygens (including phenoxy) is 3. The van der Waals surface area contributed by atoms with Crippen molar-refractivity contribution in [2.24, 2.45) is 0 Å². The summed E-state index contributed by atoms with van der Waals surface area (Å²) in [6.45, 7) is 1.52. The molecule has 4 rings (SSSR count). The van der Waals surface area contributed by atoms with E-state index in [0.717, 1.165) is 12.1 Å². The molecule has 2 aromatic carbocycles. The van der Waals surface area contributed by atoms with E-state index in [1.54, 1.807) is 25.1 Å². The van der Waals surface area contributed by atoms with Gasteiger partial charge in [0.2, 0.25) is 0 Å². The molecule has 2 aromatic heterocycles. The first-order chi connectivity index (χ1) is 16.9. The van der Waals surface area contributed by atoms with Crippen molar-refractivity contribution in [2.45, 2.75) is 13.0 Å². The van der Waals surface area contributed by atoms with Crippen LogP contribution in [0.4, 0.5) is 14.5 Å². The van der Waals surface area contributed by atoms with E-state index in [0.29, 0.717) is 16.7 Å². The van der Waals surface area contributed by atoms with Crippen molar-refractivity contribution >= 4 is 22.5 Å². The topological polar surface area (TPSA) is 103 Å². The summed E-state index contributed by atoms with van der Waals surface area (Å²) < 4.78 is 46.0. The summed E-state index contributed by atoms with van der Waals surface area (Å²) in [5.74, 6) is -2.50. The summed E-state index contributed by atoms with van der Waals surface area (Å²) in [6.07, 6.45) is 3.73. The highest BCUT2D eigenvalue weighted by Crippen LogP contribution is 2.35. The minimum Gasteiger partial charge on any atom is -0.496 e. The number of anilines is 1. The van der Waals surface area contributed by atoms with Gasteiger partial charge in [0.1, 0.15) is 23.4 Å². The standard InChI is InChI=1S/C25H21F2N3O5/c1-14(13-31)34-16-3-4-21-17(11-16)23(6-8-29-21)35-24-19(26)9-15(10-20(24)27)30-25(32)18-12-28-7-5-22(18)33-2/h3-12,14,31H,13H2,1-2H3,(H,30,32). The predicted molar refractivity (Wildman–Crippen MR) is 124 cm³/mol. The molecule has 35 heavy (non-hydrogen) atoms. The lowest BCUT2D eigenvalue weighted by molar-refractivity contribution is 0.102. The summed E-state index contributed by atoms with van der Waals surface area (Å²) >= 11 is 0. The number of nitrogens with zero attached hydrogens (tertiary/aromatic N) is 2. The first-order valence-corrected chi connectivity index (χ1v) is 10.5. The smallest absolute Gasteiger partial charge is 0.261 e. The van der Waals surface area contributed by atoms with Crippen molar-refractivity contribution < 1.29 is 32.9 Å². The highest BCUT2D eigenvalue weighted by atomic mass is 19.1. The van der Waals surface area contributed by atoms with Crippen molar-refractivity contribution in [3.63, 3.8) is 0 Å². The molecule has 4 aromatic rings. The van der Waals surface area contributed by atoms with E-state index in [2.05, 4.69) is 15.3 Å². The molecule has 180 valence electrons. The summed E-state index contributed by atoms with van der Waals surface area (Å²) in [5.41, 5.74) is 0.506. The third-order valence-electron chi connectivity index (χ3n) is 4.98. The van der Waals surface area contributed by atoms with Gasteiger partial charge in [0, 0.05) is 41.8 Å². The van der Waals surface area contributed by atoms with Crippen LogP contribution in [0.2, 0.25) is 0 Å². The number of nitrogens with one attached hydrogen (secondary N) is 1. The van der Waals surface area contributed by atoms with E-state index < -0.39 is 29.4 Å². The quantitative estimate of drug-likeness (QED) is 0.375. The van der Waals surface area contributed by atoms with Gasteiger partial charge in [-0.05, 0) is 37.3 Å². The molecular weight excluding hydrogens is 460 g/mol. The molecule has 0 spiro atoms. The number of fused-ring (bicyclic) bond motifs is 1. The summed E-state index contributed by atoms with van der Waals surface area (Å²) in [6, 6.07) is 9.79. The average molecular weight is 481 g/mol. The molecular formula is C25H21F2N3O5. The van der Waals surface area contributed by atoms with Crippen LogP contribution in [0.3, 0.4) is 0 Å². The Kier molecular flexibility index (Phi) is 7.02. The van der Waals surface area contributed by atoms with Gasteiger partial charge in [0.05, 0.1) is 24.8 Å². The van der Waals surface area contributed by atoms with E-state index in [1.807, 2.05) is 0 Å². The number of hydrogen-bond acceptors (Lipinski definition) is 7. The van der Waals surface area contributed by atoms with Crippen LogP contribution in [0.5, 0.6) is 23.0 Å². The Labute approximate surface area is 199 Å². The van der Waals surface area contributed by atoms with Crippen LogP contribution in [-0.4, -0.2) is 40.8 Å². The van der Waals surface area contributed by atoms with Crippen molar-refractivity contribution in [3.05, 3.63) is 78.3 Å². The molecule has 1 amide bonds. The Morgan fingerprint density at radius 2 is 1.83 bits per heavy atom. The van der Waals surface area contributed by atoms with Gasteiger partial charge >= 0.3 is 0 Å². The fraction of sp³-hybridized carbons (Fsp3) is 0.160. The molecule has 0 aliphatic carbocycles. The lowest BCUT2D eigenvalue weighted by atomic mass is 10.2. The summed E-state index contributed by atoms with van der Waals surface area (Å²) in [7, 11) is 1.39. The maximum Gasteiger partial charge on any atom is 0.261 e. The monoisotopic (exact) mass is 481 g/mol. The van der Waals surface area contributed by atoms with Gasteiger partial charge in [-0.25, -0.2) is 8.78 Å². The van der Waals surface area contributed by atoms with Crippen molar-refractivity contribution in [1.29, 1.82) is 0 Å². The van der Waals surface area contributed by atoms with E-state index >= 15 is 0 Å². The molecule has 1 unspecified atom stereocenters. The second-order valence-corrected chi connectivity index (χ2v) is 7.50. The summed E-state index contributed by atoms with van der Waals surface area (Å²) in [4.78, 5) is 20.6. The van der Waals surface area contributed by atoms with E-state index in [1.165, 1.54) is 37.8 Å². The number of aliphatic hydroxyl groups is 1. The van der Waals surface area contributed by atoms with E-state index in [-0.39, 0.29) is 29.4 Å². The van der Waals surface area contributed by atoms with Crippen LogP contribution in [0.1, 0.15) is 17.3 Å². The van der Waals surface area contributed by atoms with Gasteiger partial charge in [0.15, 0.2) is 17.4 Å².